The first-order valence-electron chi connectivity index (χ1n) is 6.46. The van der Waals surface area contributed by atoms with Gasteiger partial charge in [0.05, 0.1) is 0 Å². The second kappa shape index (κ2) is 14.9. The van der Waals surface area contributed by atoms with Gasteiger partial charge in [0, 0.05) is 36.4 Å². The third kappa shape index (κ3) is 25.3. The van der Waals surface area contributed by atoms with E-state index in [-0.39, 0.29) is 0 Å². The molecule has 0 atom stereocenters. The van der Waals surface area contributed by atoms with E-state index in [4.69, 9.17) is 13.2 Å². The Morgan fingerprint density at radius 1 is 0.478 bits per heavy atom. The van der Waals surface area contributed by atoms with Gasteiger partial charge >= 0.3 is 33.2 Å². The Hall–Kier alpha value is -2.05. The van der Waals surface area contributed by atoms with Gasteiger partial charge in [-0.1, -0.05) is 18.2 Å². The van der Waals surface area contributed by atoms with E-state index < -0.39 is 20.1 Å². The van der Waals surface area contributed by atoms with Gasteiger partial charge in [-0.25, -0.2) is 15.0 Å². The quantitative estimate of drug-likeness (QED) is 0.366. The van der Waals surface area contributed by atoms with Gasteiger partial charge in [-0.15, -0.1) is 0 Å². The Labute approximate surface area is 140 Å². The topological polar surface area (TPSA) is 129 Å². The number of aromatic nitrogens is 3. The zero-order valence-corrected chi connectivity index (χ0v) is 14.8. The number of pyridine rings is 3. The van der Waals surface area contributed by atoms with Gasteiger partial charge in [-0.2, -0.15) is 0 Å². The molecule has 3 N–H and O–H groups in total. The maximum atomic E-state index is 8.64. The Kier molecular flexibility index (Phi) is 13.5. The molecule has 3 aromatic heterocycles. The van der Waals surface area contributed by atoms with Crippen molar-refractivity contribution in [2.75, 3.05) is 0 Å². The van der Waals surface area contributed by atoms with Crippen LogP contribution in [0.1, 0.15) is 0 Å². The molecule has 122 valence electrons. The minimum atomic E-state index is -6.10. The first-order valence-corrected chi connectivity index (χ1v) is 10.6. The summed E-state index contributed by atoms with van der Waals surface area (Å²) in [5.74, 6) is 0. The Balaban J connectivity index is 0.000000282. The maximum Gasteiger partial charge on any atom is 0.166 e. The SMILES string of the molecule is [O]=[Sb]([O-])([O-])[O-].c1cc[nH+]cc1.c1cc[nH+]cc1.c1cc[nH+]cc1. The third-order valence-corrected chi connectivity index (χ3v) is 1.82. The van der Waals surface area contributed by atoms with Gasteiger partial charge in [0.2, 0.25) is 0 Å². The second-order valence-electron chi connectivity index (χ2n) is 3.68. The molecule has 0 aromatic carbocycles. The second-order valence-corrected chi connectivity index (χ2v) is 6.23. The molecule has 0 saturated heterocycles. The van der Waals surface area contributed by atoms with E-state index in [0.717, 1.165) is 0 Å². The van der Waals surface area contributed by atoms with Crippen molar-refractivity contribution < 1.29 is 28.1 Å². The number of aromatic amines is 3. The van der Waals surface area contributed by atoms with Crippen molar-refractivity contribution in [1.82, 2.24) is 0 Å². The van der Waals surface area contributed by atoms with E-state index in [0.29, 0.717) is 0 Å². The molecule has 3 aromatic rings. The first-order chi connectivity index (χ1) is 11.0. The number of nitrogens with one attached hydrogen (secondary N) is 3. The zero-order valence-electron chi connectivity index (χ0n) is 12.2. The molecule has 0 saturated carbocycles. The summed E-state index contributed by atoms with van der Waals surface area (Å²) < 4.78 is 34.6. The molecule has 0 aliphatic rings. The number of rotatable bonds is 0. The smallest absolute Gasteiger partial charge is 0.166 e. The molecule has 0 bridgehead atoms. The molecule has 23 heavy (non-hydrogen) atoms. The summed E-state index contributed by atoms with van der Waals surface area (Å²) in [6, 6.07) is 17.6. The van der Waals surface area contributed by atoms with Crippen LogP contribution in [0.15, 0.2) is 91.8 Å². The van der Waals surface area contributed by atoms with Gasteiger partial charge in [-0.3, -0.25) is 0 Å². The molecule has 7 nitrogen and oxygen atoms in total. The van der Waals surface area contributed by atoms with E-state index in [1.54, 1.807) is 0 Å². The molecule has 8 heteroatoms. The average Bonchev–Trinajstić information content (AvgIpc) is 2.59. The van der Waals surface area contributed by atoms with Crippen LogP contribution in [-0.4, -0.2) is 20.1 Å². The molecule has 0 aliphatic carbocycles. The predicted molar refractivity (Wildman–Crippen MR) is 75.4 cm³/mol. The van der Waals surface area contributed by atoms with E-state index in [9.17, 15) is 0 Å². The molecule has 3 heterocycles. The molecule has 0 fully saturated rings. The van der Waals surface area contributed by atoms with Crippen molar-refractivity contribution in [3.8, 4) is 0 Å². The van der Waals surface area contributed by atoms with Crippen molar-refractivity contribution in [3.05, 3.63) is 91.8 Å². The minimum absolute atomic E-state index is 1.88. The van der Waals surface area contributed by atoms with E-state index in [1.807, 2.05) is 91.8 Å². The van der Waals surface area contributed by atoms with Gasteiger partial charge < -0.3 is 0 Å². The average molecular weight is 426 g/mol. The number of hydrogen-bond acceptors (Lipinski definition) is 4. The molecule has 3 rings (SSSR count). The number of hydrogen-bond donors (Lipinski definition) is 0. The number of H-pyrrole nitrogens is 3. The standard InChI is InChI=1S/3C5H5N.4O.Sb/c3*1-2-4-6-5-3-1;;;;;/h3*1-5H;;;;;/q;;;;3*-1;/p+3. The first kappa shape index (κ1) is 20.9. The fourth-order valence-electron chi connectivity index (χ4n) is 1.03. The summed E-state index contributed by atoms with van der Waals surface area (Å²) in [6.07, 6.45) is 11.2. The van der Waals surface area contributed by atoms with Gasteiger partial charge in [0.15, 0.2) is 37.2 Å². The fraction of sp³-hybridized carbons (Fsp3) is 0. The van der Waals surface area contributed by atoms with E-state index in [1.165, 1.54) is 0 Å². The molecular formula is C15H18N3O4Sb. The van der Waals surface area contributed by atoms with Crippen molar-refractivity contribution in [1.29, 1.82) is 0 Å². The van der Waals surface area contributed by atoms with Gasteiger partial charge in [0.25, 0.3) is 0 Å². The summed E-state index contributed by atoms with van der Waals surface area (Å²) in [5, 5.41) is 0. The summed E-state index contributed by atoms with van der Waals surface area (Å²) in [7, 11) is 0. The van der Waals surface area contributed by atoms with Crippen LogP contribution in [-0.2, 0) is 3.02 Å². The molecule has 0 unspecified atom stereocenters. The molecule has 0 spiro atoms. The largest absolute Gasteiger partial charge is 0.218 e. The van der Waals surface area contributed by atoms with Crippen LogP contribution < -0.4 is 25.1 Å². The van der Waals surface area contributed by atoms with Crippen LogP contribution in [0.4, 0.5) is 0 Å². The summed E-state index contributed by atoms with van der Waals surface area (Å²) in [6.45, 7) is 0. The fourth-order valence-corrected chi connectivity index (χ4v) is 1.03. The van der Waals surface area contributed by atoms with Crippen molar-refractivity contribution in [2.45, 2.75) is 0 Å². The molecule has 0 radical (unpaired) electrons. The zero-order chi connectivity index (χ0) is 17.2. The molecular weight excluding hydrogens is 408 g/mol. The van der Waals surface area contributed by atoms with Crippen molar-refractivity contribution in [2.24, 2.45) is 0 Å². The Bertz CT molecular complexity index is 446. The molecule has 0 aliphatic heterocycles. The Morgan fingerprint density at radius 3 is 0.696 bits per heavy atom. The van der Waals surface area contributed by atoms with Crippen LogP contribution in [0.5, 0.6) is 0 Å². The van der Waals surface area contributed by atoms with Crippen LogP contribution >= 0.6 is 0 Å². The summed E-state index contributed by atoms with van der Waals surface area (Å²) in [5.41, 5.74) is 0. The van der Waals surface area contributed by atoms with Gasteiger partial charge in [0.1, 0.15) is 0 Å². The van der Waals surface area contributed by atoms with Crippen molar-refractivity contribution in [3.63, 3.8) is 0 Å². The van der Waals surface area contributed by atoms with Crippen LogP contribution in [0.2, 0.25) is 0 Å². The van der Waals surface area contributed by atoms with E-state index in [2.05, 4.69) is 15.0 Å². The molecule has 0 amide bonds. The summed E-state index contributed by atoms with van der Waals surface area (Å²) >= 11 is -6.10. The minimum Gasteiger partial charge on any atom is -0.218 e. The summed E-state index contributed by atoms with van der Waals surface area (Å²) in [4.78, 5) is 8.68. The van der Waals surface area contributed by atoms with Crippen LogP contribution in [0.3, 0.4) is 0 Å². The van der Waals surface area contributed by atoms with Crippen LogP contribution in [0, 0.1) is 0 Å². The normalized spacial score (nSPS) is 8.83. The van der Waals surface area contributed by atoms with E-state index >= 15 is 0 Å². The predicted octanol–water partition coefficient (Wildman–Crippen LogP) is -2.56. The Morgan fingerprint density at radius 2 is 0.652 bits per heavy atom. The maximum absolute atomic E-state index is 8.64. The third-order valence-electron chi connectivity index (χ3n) is 1.82. The monoisotopic (exact) mass is 425 g/mol. The van der Waals surface area contributed by atoms with Crippen LogP contribution in [0.25, 0.3) is 0 Å². The van der Waals surface area contributed by atoms with Gasteiger partial charge in [-0.05, 0) is 0 Å². The van der Waals surface area contributed by atoms with Crippen molar-refractivity contribution >= 4 is 20.1 Å².